The van der Waals surface area contributed by atoms with Crippen molar-refractivity contribution < 1.29 is 33.2 Å². The summed E-state index contributed by atoms with van der Waals surface area (Å²) < 4.78 is 35.7. The van der Waals surface area contributed by atoms with Crippen molar-refractivity contribution in [3.63, 3.8) is 0 Å². The summed E-state index contributed by atoms with van der Waals surface area (Å²) in [5.74, 6) is 1.77. The molecular formula is C37H36N2O7S. The van der Waals surface area contributed by atoms with Gasteiger partial charge in [0.2, 0.25) is 12.5 Å². The van der Waals surface area contributed by atoms with Crippen LogP contribution in [0, 0.1) is 18.8 Å². The molecule has 0 saturated carbocycles. The monoisotopic (exact) mass is 652 g/mol. The molecule has 7 rings (SSSR count). The molecule has 0 saturated heterocycles. The third-order valence-electron chi connectivity index (χ3n) is 9.20. The number of aryl methyl sites for hydroxylation is 1. The molecule has 1 N–H and O–H groups in total. The van der Waals surface area contributed by atoms with Crippen LogP contribution in [0.4, 0.5) is 5.69 Å². The molecule has 4 atom stereocenters. The highest BCUT2D eigenvalue weighted by Crippen LogP contribution is 2.54. The Morgan fingerprint density at radius 2 is 1.64 bits per heavy atom. The molecular weight excluding hydrogens is 616 g/mol. The number of carbonyl (C=O) groups excluding carboxylic acids is 1. The molecule has 0 spiro atoms. The largest absolute Gasteiger partial charge is 0.493 e. The number of fused-ring (bicyclic) bond motifs is 3. The normalized spacial score (nSPS) is 19.7. The van der Waals surface area contributed by atoms with E-state index in [1.54, 1.807) is 39.8 Å². The van der Waals surface area contributed by atoms with Crippen LogP contribution in [0.2, 0.25) is 0 Å². The maximum atomic E-state index is 13.2. The van der Waals surface area contributed by atoms with Gasteiger partial charge in [-0.25, -0.2) is 4.98 Å². The fourth-order valence-electron chi connectivity index (χ4n) is 6.99. The molecule has 0 amide bonds. The van der Waals surface area contributed by atoms with Crippen molar-refractivity contribution in [2.75, 3.05) is 47.2 Å². The quantitative estimate of drug-likeness (QED) is 0.155. The Bertz CT molecular complexity index is 1900. The van der Waals surface area contributed by atoms with E-state index in [1.807, 2.05) is 42.5 Å². The van der Waals surface area contributed by atoms with Gasteiger partial charge in [-0.2, -0.15) is 0 Å². The molecule has 0 bridgehead atoms. The number of hydrogen-bond donors (Lipinski definition) is 1. The smallest absolute Gasteiger partial charge is 0.231 e. The van der Waals surface area contributed by atoms with E-state index < -0.39 is 5.92 Å². The summed E-state index contributed by atoms with van der Waals surface area (Å²) in [6, 6.07) is 22.1. The number of nitrogens with zero attached hydrogens (tertiary/aromatic N) is 1. The summed E-state index contributed by atoms with van der Waals surface area (Å²) in [4.78, 5) is 18.1. The van der Waals surface area contributed by atoms with Gasteiger partial charge in [-0.15, -0.1) is 11.3 Å². The first-order valence-corrected chi connectivity index (χ1v) is 16.2. The van der Waals surface area contributed by atoms with Gasteiger partial charge >= 0.3 is 0 Å². The van der Waals surface area contributed by atoms with Gasteiger partial charge < -0.3 is 38.5 Å². The van der Waals surface area contributed by atoms with E-state index in [2.05, 4.69) is 36.5 Å². The Labute approximate surface area is 277 Å². The number of nitrogens with one attached hydrogen (secondary N) is 1. The van der Waals surface area contributed by atoms with E-state index in [4.69, 9.17) is 33.4 Å². The fraction of sp³-hybridized carbons (Fsp3) is 0.297. The lowest BCUT2D eigenvalue weighted by atomic mass is 9.64. The van der Waals surface area contributed by atoms with Crippen LogP contribution in [-0.2, 0) is 9.53 Å². The van der Waals surface area contributed by atoms with E-state index in [0.717, 1.165) is 55.0 Å². The molecule has 0 radical (unpaired) electrons. The average Bonchev–Trinajstić information content (AvgIpc) is 3.75. The second kappa shape index (κ2) is 12.8. The number of carbonyl (C=O) groups is 1. The van der Waals surface area contributed by atoms with Gasteiger partial charge in [0.25, 0.3) is 0 Å². The summed E-state index contributed by atoms with van der Waals surface area (Å²) in [5, 5.41) is 4.79. The summed E-state index contributed by atoms with van der Waals surface area (Å²) in [6.07, 6.45) is 1.04. The van der Waals surface area contributed by atoms with E-state index in [9.17, 15) is 4.79 Å². The van der Waals surface area contributed by atoms with Crippen molar-refractivity contribution in [1.82, 2.24) is 4.98 Å². The number of ether oxygens (including phenoxy) is 6. The van der Waals surface area contributed by atoms with Crippen molar-refractivity contribution in [1.29, 1.82) is 0 Å². The zero-order valence-corrected chi connectivity index (χ0v) is 27.7. The van der Waals surface area contributed by atoms with Crippen LogP contribution < -0.4 is 29.0 Å². The molecule has 1 aromatic heterocycles. The van der Waals surface area contributed by atoms with Crippen LogP contribution in [0.1, 0.15) is 34.2 Å². The SMILES string of the molecule is COC[C@H]1[C@H](C=O)[C@H](c2cc(OC)c(OC)c(OC)c2)c2cc3c(cc2[C@H]1Nc1ccc(-c2nc4ccccc4s2)cc1C)OCO3. The van der Waals surface area contributed by atoms with Crippen LogP contribution >= 0.6 is 11.3 Å². The summed E-state index contributed by atoms with van der Waals surface area (Å²) >= 11 is 1.68. The molecule has 9 nitrogen and oxygen atoms in total. The Morgan fingerprint density at radius 3 is 2.28 bits per heavy atom. The Kier molecular flexibility index (Phi) is 8.38. The maximum Gasteiger partial charge on any atom is 0.231 e. The van der Waals surface area contributed by atoms with Crippen LogP contribution in [0.15, 0.2) is 66.7 Å². The van der Waals surface area contributed by atoms with Gasteiger partial charge in [-0.1, -0.05) is 12.1 Å². The lowest BCUT2D eigenvalue weighted by molar-refractivity contribution is -0.114. The number of anilines is 1. The van der Waals surface area contributed by atoms with Gasteiger partial charge in [-0.05, 0) is 83.8 Å². The van der Waals surface area contributed by atoms with Crippen LogP contribution in [-0.4, -0.2) is 53.1 Å². The van der Waals surface area contributed by atoms with Gasteiger partial charge in [0.1, 0.15) is 11.3 Å². The molecule has 47 heavy (non-hydrogen) atoms. The molecule has 0 unspecified atom stereocenters. The minimum Gasteiger partial charge on any atom is -0.493 e. The lowest BCUT2D eigenvalue weighted by Gasteiger charge is -2.43. The third kappa shape index (κ3) is 5.41. The van der Waals surface area contributed by atoms with E-state index >= 15 is 0 Å². The van der Waals surface area contributed by atoms with Gasteiger partial charge in [0, 0.05) is 36.1 Å². The summed E-state index contributed by atoms with van der Waals surface area (Å²) in [5.41, 5.74) is 6.89. The summed E-state index contributed by atoms with van der Waals surface area (Å²) in [6.45, 7) is 2.57. The van der Waals surface area contributed by atoms with E-state index in [-0.39, 0.29) is 24.7 Å². The fourth-order valence-corrected chi connectivity index (χ4v) is 7.95. The van der Waals surface area contributed by atoms with Crippen molar-refractivity contribution >= 4 is 33.5 Å². The van der Waals surface area contributed by atoms with Gasteiger partial charge in [0.15, 0.2) is 23.0 Å². The Morgan fingerprint density at radius 1 is 0.915 bits per heavy atom. The first kappa shape index (κ1) is 30.8. The molecule has 1 aliphatic heterocycles. The average molecular weight is 653 g/mol. The molecule has 4 aromatic carbocycles. The van der Waals surface area contributed by atoms with Crippen molar-refractivity contribution in [2.45, 2.75) is 18.9 Å². The number of hydrogen-bond acceptors (Lipinski definition) is 10. The van der Waals surface area contributed by atoms with Crippen LogP contribution in [0.3, 0.4) is 0 Å². The second-order valence-corrected chi connectivity index (χ2v) is 12.8. The zero-order chi connectivity index (χ0) is 32.7. The molecule has 242 valence electrons. The van der Waals surface area contributed by atoms with Crippen LogP contribution in [0.25, 0.3) is 20.8 Å². The molecule has 1 aliphatic carbocycles. The first-order valence-electron chi connectivity index (χ1n) is 15.4. The van der Waals surface area contributed by atoms with Crippen molar-refractivity contribution in [3.8, 4) is 39.3 Å². The number of benzene rings is 4. The van der Waals surface area contributed by atoms with E-state index in [0.29, 0.717) is 35.4 Å². The first-order chi connectivity index (χ1) is 23.0. The van der Waals surface area contributed by atoms with Gasteiger partial charge in [-0.3, -0.25) is 0 Å². The van der Waals surface area contributed by atoms with Crippen molar-refractivity contribution in [2.24, 2.45) is 11.8 Å². The van der Waals surface area contributed by atoms with Crippen LogP contribution in [0.5, 0.6) is 28.7 Å². The van der Waals surface area contributed by atoms with Crippen molar-refractivity contribution in [3.05, 3.63) is 89.0 Å². The molecule has 5 aromatic rings. The Hall–Kier alpha value is -4.80. The summed E-state index contributed by atoms with van der Waals surface area (Å²) in [7, 11) is 6.41. The zero-order valence-electron chi connectivity index (χ0n) is 26.9. The Balaban J connectivity index is 1.34. The number of para-hydroxylation sites is 1. The molecule has 2 aliphatic rings. The number of aromatic nitrogens is 1. The lowest BCUT2D eigenvalue weighted by Crippen LogP contribution is -2.40. The number of aldehydes is 1. The van der Waals surface area contributed by atoms with E-state index in [1.165, 1.54) is 0 Å². The predicted octanol–water partition coefficient (Wildman–Crippen LogP) is 7.40. The maximum absolute atomic E-state index is 13.2. The third-order valence-corrected chi connectivity index (χ3v) is 10.3. The molecule has 2 heterocycles. The topological polar surface area (TPSA) is 97.4 Å². The minimum atomic E-state index is -0.467. The number of rotatable bonds is 10. The highest BCUT2D eigenvalue weighted by molar-refractivity contribution is 7.21. The standard InChI is InChI=1S/C37H36N2O7S/c1-20-12-21(37-39-28-8-6-7-9-33(28)47-37)10-11-27(20)38-35-24-16-30-29(45-19-46-30)15-23(24)34(25(17-40)26(35)18-41-2)22-13-31(42-3)36(44-5)32(14-22)43-4/h6-17,25-26,34-35,38H,18-19H2,1-5H3/t25-,26-,34+,35+/m0/s1. The number of thiazole rings is 1. The predicted molar refractivity (Wildman–Crippen MR) is 182 cm³/mol. The molecule has 10 heteroatoms. The highest BCUT2D eigenvalue weighted by atomic mass is 32.1. The second-order valence-electron chi connectivity index (χ2n) is 11.7. The van der Waals surface area contributed by atoms with Gasteiger partial charge in [0.05, 0.1) is 44.2 Å². The minimum absolute atomic E-state index is 0.135. The highest BCUT2D eigenvalue weighted by Gasteiger charge is 2.45. The molecule has 0 fully saturated rings. The number of methoxy groups -OCH3 is 4.